The lowest BCUT2D eigenvalue weighted by molar-refractivity contribution is -0.121. The maximum atomic E-state index is 13.0. The Hall–Kier alpha value is -3.48. The second-order valence-corrected chi connectivity index (χ2v) is 6.49. The molecule has 2 heterocycles. The predicted molar refractivity (Wildman–Crippen MR) is 101 cm³/mol. The first kappa shape index (κ1) is 17.9. The maximum absolute atomic E-state index is 13.0. The molecule has 0 radical (unpaired) electrons. The van der Waals surface area contributed by atoms with E-state index in [1.807, 2.05) is 37.3 Å². The molecule has 7 heteroatoms. The smallest absolute Gasteiger partial charge is 0.227 e. The van der Waals surface area contributed by atoms with Gasteiger partial charge < -0.3 is 14.3 Å². The van der Waals surface area contributed by atoms with Gasteiger partial charge in [0.1, 0.15) is 17.2 Å². The average molecular weight is 379 g/mol. The van der Waals surface area contributed by atoms with Gasteiger partial charge in [0.05, 0.1) is 6.04 Å². The highest BCUT2D eigenvalue weighted by molar-refractivity contribution is 5.79. The molecule has 4 rings (SSSR count). The zero-order valence-electron chi connectivity index (χ0n) is 15.2. The van der Waals surface area contributed by atoms with E-state index in [0.29, 0.717) is 29.5 Å². The van der Waals surface area contributed by atoms with E-state index in [1.165, 1.54) is 12.1 Å². The van der Waals surface area contributed by atoms with Crippen LogP contribution in [0.4, 0.5) is 4.39 Å². The van der Waals surface area contributed by atoms with Gasteiger partial charge in [0, 0.05) is 23.8 Å². The number of rotatable bonds is 6. The Morgan fingerprint density at radius 1 is 1.18 bits per heavy atom. The van der Waals surface area contributed by atoms with Gasteiger partial charge in [-0.05, 0) is 43.3 Å². The fourth-order valence-electron chi connectivity index (χ4n) is 2.89. The minimum Gasteiger partial charge on any atom is -0.459 e. The van der Waals surface area contributed by atoms with Crippen LogP contribution in [0.25, 0.3) is 22.4 Å². The van der Waals surface area contributed by atoms with Crippen LogP contribution in [0.5, 0.6) is 0 Å². The van der Waals surface area contributed by atoms with Crippen molar-refractivity contribution < 1.29 is 18.1 Å². The first-order chi connectivity index (χ1) is 13.6. The number of amides is 1. The van der Waals surface area contributed by atoms with Crippen molar-refractivity contribution in [2.45, 2.75) is 25.8 Å². The van der Waals surface area contributed by atoms with Crippen LogP contribution >= 0.6 is 0 Å². The number of hydrogen-bond donors (Lipinski definition) is 1. The molecule has 0 saturated heterocycles. The van der Waals surface area contributed by atoms with Gasteiger partial charge in [0.25, 0.3) is 0 Å². The maximum Gasteiger partial charge on any atom is 0.227 e. The van der Waals surface area contributed by atoms with E-state index in [0.717, 1.165) is 11.0 Å². The van der Waals surface area contributed by atoms with E-state index in [1.54, 1.807) is 12.1 Å². The lowest BCUT2D eigenvalue weighted by Gasteiger charge is -2.10. The first-order valence-electron chi connectivity index (χ1n) is 8.95. The van der Waals surface area contributed by atoms with E-state index < -0.39 is 0 Å². The van der Waals surface area contributed by atoms with E-state index in [2.05, 4.69) is 15.5 Å². The molecule has 6 nitrogen and oxygen atoms in total. The molecule has 0 bridgehead atoms. The summed E-state index contributed by atoms with van der Waals surface area (Å²) < 4.78 is 23.9. The van der Waals surface area contributed by atoms with E-state index in [-0.39, 0.29) is 24.2 Å². The molecule has 4 aromatic rings. The number of halogens is 1. The normalized spacial score (nSPS) is 12.2. The second kappa shape index (κ2) is 7.64. The highest BCUT2D eigenvalue weighted by Gasteiger charge is 2.16. The molecule has 2 aromatic carbocycles. The average Bonchev–Trinajstić information content (AvgIpc) is 3.34. The number of aromatic nitrogens is 2. The molecular formula is C21H18FN3O3. The summed E-state index contributed by atoms with van der Waals surface area (Å²) in [5.74, 6) is 0.944. The Bertz CT molecular complexity index is 1070. The monoisotopic (exact) mass is 379 g/mol. The molecule has 0 spiro atoms. The Morgan fingerprint density at radius 2 is 1.96 bits per heavy atom. The molecule has 0 aliphatic heterocycles. The fraction of sp³-hybridized carbons (Fsp3) is 0.190. The van der Waals surface area contributed by atoms with Gasteiger partial charge >= 0.3 is 0 Å². The molecule has 0 aliphatic carbocycles. The molecule has 1 amide bonds. The number of nitrogens with zero attached hydrogens (tertiary/aromatic N) is 2. The van der Waals surface area contributed by atoms with Crippen molar-refractivity contribution in [1.29, 1.82) is 0 Å². The molecule has 0 aliphatic rings. The summed E-state index contributed by atoms with van der Waals surface area (Å²) in [4.78, 5) is 16.5. The van der Waals surface area contributed by atoms with Crippen LogP contribution in [-0.2, 0) is 11.2 Å². The van der Waals surface area contributed by atoms with Crippen molar-refractivity contribution in [3.63, 3.8) is 0 Å². The lowest BCUT2D eigenvalue weighted by atomic mass is 10.2. The number of para-hydroxylation sites is 1. The molecule has 2 aromatic heterocycles. The summed E-state index contributed by atoms with van der Waals surface area (Å²) in [6.45, 7) is 1.87. The van der Waals surface area contributed by atoms with Gasteiger partial charge in [-0.1, -0.05) is 23.4 Å². The topological polar surface area (TPSA) is 81.2 Å². The van der Waals surface area contributed by atoms with E-state index in [9.17, 15) is 9.18 Å². The quantitative estimate of drug-likeness (QED) is 0.536. The largest absolute Gasteiger partial charge is 0.459 e. The Labute approximate surface area is 160 Å². The van der Waals surface area contributed by atoms with Gasteiger partial charge in [-0.3, -0.25) is 4.79 Å². The number of aryl methyl sites for hydroxylation is 1. The predicted octanol–water partition coefficient (Wildman–Crippen LogP) is 4.43. The van der Waals surface area contributed by atoms with E-state index >= 15 is 0 Å². The third-order valence-electron chi connectivity index (χ3n) is 4.39. The van der Waals surface area contributed by atoms with Crippen molar-refractivity contribution in [2.24, 2.45) is 0 Å². The number of fused-ring (bicyclic) bond motifs is 1. The summed E-state index contributed by atoms with van der Waals surface area (Å²) in [5.41, 5.74) is 1.44. The lowest BCUT2D eigenvalue weighted by Crippen LogP contribution is -2.26. The third-order valence-corrected chi connectivity index (χ3v) is 4.39. The molecule has 28 heavy (non-hydrogen) atoms. The number of furan rings is 1. The summed E-state index contributed by atoms with van der Waals surface area (Å²) >= 11 is 0. The molecule has 0 unspecified atom stereocenters. The first-order valence-corrected chi connectivity index (χ1v) is 8.95. The van der Waals surface area contributed by atoms with Crippen LogP contribution in [0.2, 0.25) is 0 Å². The molecule has 1 N–H and O–H groups in total. The summed E-state index contributed by atoms with van der Waals surface area (Å²) in [6, 6.07) is 15.2. The number of nitrogens with one attached hydrogen (secondary N) is 1. The number of carbonyl (C=O) groups excluding carboxylic acids is 1. The minimum atomic E-state index is -0.331. The summed E-state index contributed by atoms with van der Waals surface area (Å²) in [7, 11) is 0. The Balaban J connectivity index is 1.33. The molecule has 0 saturated carbocycles. The third kappa shape index (κ3) is 3.93. The minimum absolute atomic E-state index is 0.144. The standard InChI is InChI=1S/C21H18FN3O3/c1-13(18-12-15-4-2-3-5-17(15)27-18)23-19(26)10-11-20-24-21(25-28-20)14-6-8-16(22)9-7-14/h2-9,12-13H,10-11H2,1H3,(H,23,26)/t13-/m0/s1. The van der Waals surface area contributed by atoms with Crippen LogP contribution in [0.1, 0.15) is 31.0 Å². The van der Waals surface area contributed by atoms with Gasteiger partial charge in [-0.2, -0.15) is 4.98 Å². The van der Waals surface area contributed by atoms with Crippen molar-refractivity contribution in [3.05, 3.63) is 72.1 Å². The zero-order valence-corrected chi connectivity index (χ0v) is 15.2. The van der Waals surface area contributed by atoms with Gasteiger partial charge in [-0.25, -0.2) is 4.39 Å². The highest BCUT2D eigenvalue weighted by atomic mass is 19.1. The summed E-state index contributed by atoms with van der Waals surface area (Å²) in [6.07, 6.45) is 0.516. The number of benzene rings is 2. The van der Waals surface area contributed by atoms with Crippen LogP contribution in [0.15, 0.2) is 63.5 Å². The van der Waals surface area contributed by atoms with Crippen molar-refractivity contribution in [3.8, 4) is 11.4 Å². The fourth-order valence-corrected chi connectivity index (χ4v) is 2.89. The van der Waals surface area contributed by atoms with Gasteiger partial charge in [0.2, 0.25) is 17.6 Å². The molecule has 1 atom stereocenters. The van der Waals surface area contributed by atoms with Crippen LogP contribution < -0.4 is 5.32 Å². The van der Waals surface area contributed by atoms with Crippen LogP contribution in [0.3, 0.4) is 0 Å². The van der Waals surface area contributed by atoms with Gasteiger partial charge in [-0.15, -0.1) is 0 Å². The Kier molecular flexibility index (Phi) is 4.89. The number of carbonyl (C=O) groups is 1. The van der Waals surface area contributed by atoms with Crippen LogP contribution in [0, 0.1) is 5.82 Å². The van der Waals surface area contributed by atoms with Gasteiger partial charge in [0.15, 0.2) is 0 Å². The number of hydrogen-bond acceptors (Lipinski definition) is 5. The van der Waals surface area contributed by atoms with Crippen molar-refractivity contribution in [1.82, 2.24) is 15.5 Å². The van der Waals surface area contributed by atoms with E-state index in [4.69, 9.17) is 8.94 Å². The summed E-state index contributed by atoms with van der Waals surface area (Å²) in [5, 5.41) is 7.78. The Morgan fingerprint density at radius 3 is 2.75 bits per heavy atom. The van der Waals surface area contributed by atoms with Crippen molar-refractivity contribution in [2.75, 3.05) is 0 Å². The SMILES string of the molecule is C[C@H](NC(=O)CCc1nc(-c2ccc(F)cc2)no1)c1cc2ccccc2o1. The second-order valence-electron chi connectivity index (χ2n) is 6.49. The molecule has 0 fully saturated rings. The highest BCUT2D eigenvalue weighted by Crippen LogP contribution is 2.23. The zero-order chi connectivity index (χ0) is 19.5. The van der Waals surface area contributed by atoms with Crippen LogP contribution in [-0.4, -0.2) is 16.0 Å². The van der Waals surface area contributed by atoms with Crippen molar-refractivity contribution >= 4 is 16.9 Å². The molecular weight excluding hydrogens is 361 g/mol. The molecule has 142 valence electrons.